The summed E-state index contributed by atoms with van der Waals surface area (Å²) in [5.74, 6) is 5.96. The number of aromatic nitrogens is 3. The van der Waals surface area contributed by atoms with Crippen molar-refractivity contribution in [2.24, 2.45) is 5.84 Å². The molecule has 1 heterocycles. The lowest BCUT2D eigenvalue weighted by Gasteiger charge is -2.07. The highest BCUT2D eigenvalue weighted by atomic mass is 32.2. The number of sulfonamides is 1. The van der Waals surface area contributed by atoms with Gasteiger partial charge in [-0.2, -0.15) is 5.10 Å². The molecule has 0 atom stereocenters. The Balaban J connectivity index is 1.86. The number of aromatic amines is 1. The van der Waals surface area contributed by atoms with Gasteiger partial charge in [0, 0.05) is 18.7 Å². The molecule has 9 heteroatoms. The summed E-state index contributed by atoms with van der Waals surface area (Å²) >= 11 is 0. The van der Waals surface area contributed by atoms with Crippen LogP contribution in [0.2, 0.25) is 0 Å². The second-order valence-corrected chi connectivity index (χ2v) is 5.87. The van der Waals surface area contributed by atoms with Crippen LogP contribution in [-0.2, 0) is 16.4 Å². The summed E-state index contributed by atoms with van der Waals surface area (Å²) in [6, 6.07) is 6.19. The van der Waals surface area contributed by atoms with Gasteiger partial charge in [-0.15, -0.1) is 0 Å². The fourth-order valence-electron chi connectivity index (χ4n) is 1.63. The van der Waals surface area contributed by atoms with Crippen molar-refractivity contribution in [3.8, 4) is 0 Å². The molecule has 1 aromatic heterocycles. The van der Waals surface area contributed by atoms with Gasteiger partial charge in [-0.05, 0) is 30.7 Å². The maximum absolute atomic E-state index is 12.0. The molecule has 20 heavy (non-hydrogen) atoms. The number of anilines is 1. The standard InChI is InChI=1S/C11H16N6O2S/c12-16-9-3-5-10(6-4-9)20(18,19)15-7-1-2-11-13-8-14-17-11/h3-6,8,15-16H,1-2,7,12H2,(H,13,14,17). The van der Waals surface area contributed by atoms with Crippen molar-refractivity contribution in [1.29, 1.82) is 0 Å². The van der Waals surface area contributed by atoms with Gasteiger partial charge in [0.15, 0.2) is 0 Å². The van der Waals surface area contributed by atoms with E-state index in [4.69, 9.17) is 5.84 Å². The van der Waals surface area contributed by atoms with Crippen LogP contribution < -0.4 is 16.0 Å². The van der Waals surface area contributed by atoms with Gasteiger partial charge in [0.25, 0.3) is 0 Å². The Hall–Kier alpha value is -1.97. The Kier molecular flexibility index (Phi) is 4.66. The van der Waals surface area contributed by atoms with Crippen LogP contribution in [0.5, 0.6) is 0 Å². The maximum atomic E-state index is 12.0. The first-order valence-electron chi connectivity index (χ1n) is 6.02. The number of nitrogens with one attached hydrogen (secondary N) is 3. The van der Waals surface area contributed by atoms with Gasteiger partial charge in [-0.25, -0.2) is 18.1 Å². The van der Waals surface area contributed by atoms with Gasteiger partial charge < -0.3 is 5.43 Å². The topological polar surface area (TPSA) is 126 Å². The van der Waals surface area contributed by atoms with E-state index < -0.39 is 10.0 Å². The first-order valence-corrected chi connectivity index (χ1v) is 7.51. The summed E-state index contributed by atoms with van der Waals surface area (Å²) in [5.41, 5.74) is 3.09. The van der Waals surface area contributed by atoms with E-state index in [1.165, 1.54) is 18.5 Å². The highest BCUT2D eigenvalue weighted by Crippen LogP contribution is 2.12. The quantitative estimate of drug-likeness (QED) is 0.324. The largest absolute Gasteiger partial charge is 0.324 e. The van der Waals surface area contributed by atoms with Crippen molar-refractivity contribution in [3.05, 3.63) is 36.4 Å². The molecule has 1 aromatic carbocycles. The molecule has 0 radical (unpaired) electrons. The van der Waals surface area contributed by atoms with Crippen LogP contribution >= 0.6 is 0 Å². The highest BCUT2D eigenvalue weighted by Gasteiger charge is 2.12. The molecule has 5 N–H and O–H groups in total. The number of nitrogens with two attached hydrogens (primary N) is 1. The van der Waals surface area contributed by atoms with E-state index in [-0.39, 0.29) is 4.90 Å². The Morgan fingerprint density at radius 3 is 2.60 bits per heavy atom. The zero-order chi connectivity index (χ0) is 14.4. The van der Waals surface area contributed by atoms with E-state index in [2.05, 4.69) is 25.3 Å². The fourth-order valence-corrected chi connectivity index (χ4v) is 2.70. The predicted molar refractivity (Wildman–Crippen MR) is 74.1 cm³/mol. The van der Waals surface area contributed by atoms with Gasteiger partial charge in [0.2, 0.25) is 10.0 Å². The summed E-state index contributed by atoms with van der Waals surface area (Å²) in [6.07, 6.45) is 2.70. The maximum Gasteiger partial charge on any atom is 0.240 e. The molecule has 0 unspecified atom stereocenters. The van der Waals surface area contributed by atoms with E-state index in [1.807, 2.05) is 0 Å². The minimum Gasteiger partial charge on any atom is -0.324 e. The van der Waals surface area contributed by atoms with Crippen molar-refractivity contribution in [2.75, 3.05) is 12.0 Å². The van der Waals surface area contributed by atoms with Gasteiger partial charge in [-0.3, -0.25) is 10.9 Å². The van der Waals surface area contributed by atoms with Crippen LogP contribution in [0.4, 0.5) is 5.69 Å². The number of benzene rings is 1. The molecule has 0 saturated heterocycles. The number of hydrogen-bond acceptors (Lipinski definition) is 6. The third-order valence-electron chi connectivity index (χ3n) is 2.68. The SMILES string of the molecule is NNc1ccc(S(=O)(=O)NCCCc2ncn[nH]2)cc1. The Morgan fingerprint density at radius 1 is 1.25 bits per heavy atom. The monoisotopic (exact) mass is 296 g/mol. The molecule has 8 nitrogen and oxygen atoms in total. The molecule has 2 aromatic rings. The fraction of sp³-hybridized carbons (Fsp3) is 0.273. The minimum atomic E-state index is -3.49. The van der Waals surface area contributed by atoms with Gasteiger partial charge in [0.05, 0.1) is 4.90 Å². The minimum absolute atomic E-state index is 0.205. The van der Waals surface area contributed by atoms with E-state index in [0.29, 0.717) is 25.1 Å². The normalized spacial score (nSPS) is 11.4. The van der Waals surface area contributed by atoms with Crippen molar-refractivity contribution < 1.29 is 8.42 Å². The summed E-state index contributed by atoms with van der Waals surface area (Å²) < 4.78 is 26.5. The molecular weight excluding hydrogens is 280 g/mol. The van der Waals surface area contributed by atoms with Crippen molar-refractivity contribution in [1.82, 2.24) is 19.9 Å². The average Bonchev–Trinajstić information content (AvgIpc) is 2.97. The average molecular weight is 296 g/mol. The lowest BCUT2D eigenvalue weighted by Crippen LogP contribution is -2.25. The lowest BCUT2D eigenvalue weighted by atomic mass is 10.3. The highest BCUT2D eigenvalue weighted by molar-refractivity contribution is 7.89. The van der Waals surface area contributed by atoms with Gasteiger partial charge in [-0.1, -0.05) is 0 Å². The van der Waals surface area contributed by atoms with E-state index in [1.54, 1.807) is 12.1 Å². The molecule has 0 aliphatic rings. The zero-order valence-electron chi connectivity index (χ0n) is 10.7. The number of nitrogens with zero attached hydrogens (tertiary/aromatic N) is 2. The summed E-state index contributed by atoms with van der Waals surface area (Å²) in [4.78, 5) is 4.17. The molecular formula is C11H16N6O2S. The lowest BCUT2D eigenvalue weighted by molar-refractivity contribution is 0.578. The third kappa shape index (κ3) is 3.76. The molecule has 0 aliphatic carbocycles. The Labute approximate surface area is 116 Å². The van der Waals surface area contributed by atoms with Crippen molar-refractivity contribution >= 4 is 15.7 Å². The van der Waals surface area contributed by atoms with Crippen LogP contribution in [0.3, 0.4) is 0 Å². The molecule has 0 amide bonds. The Bertz CT molecular complexity index is 623. The summed E-state index contributed by atoms with van der Waals surface area (Å²) in [7, 11) is -3.49. The van der Waals surface area contributed by atoms with Crippen LogP contribution in [0.15, 0.2) is 35.5 Å². The Morgan fingerprint density at radius 2 is 2.00 bits per heavy atom. The van der Waals surface area contributed by atoms with Crippen LogP contribution in [0, 0.1) is 0 Å². The zero-order valence-corrected chi connectivity index (χ0v) is 11.5. The van der Waals surface area contributed by atoms with Crippen molar-refractivity contribution in [3.63, 3.8) is 0 Å². The summed E-state index contributed by atoms with van der Waals surface area (Å²) in [6.45, 7) is 0.333. The first kappa shape index (κ1) is 14.4. The first-order chi connectivity index (χ1) is 9.62. The van der Waals surface area contributed by atoms with Crippen LogP contribution in [0.1, 0.15) is 12.2 Å². The molecule has 108 valence electrons. The van der Waals surface area contributed by atoms with Gasteiger partial charge in [0.1, 0.15) is 12.2 Å². The van der Waals surface area contributed by atoms with E-state index in [9.17, 15) is 8.42 Å². The molecule has 2 rings (SSSR count). The number of H-pyrrole nitrogens is 1. The molecule has 0 spiro atoms. The predicted octanol–water partition coefficient (Wildman–Crippen LogP) is 0.00140. The number of rotatable bonds is 7. The van der Waals surface area contributed by atoms with Gasteiger partial charge >= 0.3 is 0 Å². The smallest absolute Gasteiger partial charge is 0.240 e. The van der Waals surface area contributed by atoms with Crippen LogP contribution in [-0.4, -0.2) is 30.1 Å². The molecule has 0 saturated carbocycles. The second-order valence-electron chi connectivity index (χ2n) is 4.10. The summed E-state index contributed by atoms with van der Waals surface area (Å²) in [5, 5.41) is 6.44. The number of nitrogen functional groups attached to an aromatic ring is 1. The molecule has 0 aliphatic heterocycles. The van der Waals surface area contributed by atoms with E-state index in [0.717, 1.165) is 5.82 Å². The number of hydrazine groups is 1. The molecule has 0 fully saturated rings. The van der Waals surface area contributed by atoms with Crippen LogP contribution in [0.25, 0.3) is 0 Å². The second kappa shape index (κ2) is 6.46. The third-order valence-corrected chi connectivity index (χ3v) is 4.16. The number of hydrogen-bond donors (Lipinski definition) is 4. The van der Waals surface area contributed by atoms with Crippen molar-refractivity contribution in [2.45, 2.75) is 17.7 Å². The number of aryl methyl sites for hydroxylation is 1. The van der Waals surface area contributed by atoms with E-state index >= 15 is 0 Å². The molecule has 0 bridgehead atoms.